The van der Waals surface area contributed by atoms with Crippen molar-refractivity contribution in [1.29, 1.82) is 0 Å². The van der Waals surface area contributed by atoms with Gasteiger partial charge in [-0.2, -0.15) is 5.10 Å². The van der Waals surface area contributed by atoms with Crippen molar-refractivity contribution in [3.63, 3.8) is 0 Å². The third-order valence-corrected chi connectivity index (χ3v) is 5.14. The van der Waals surface area contributed by atoms with Crippen LogP contribution in [0.15, 0.2) is 40.0 Å². The summed E-state index contributed by atoms with van der Waals surface area (Å²) in [5, 5.41) is 4.08. The molecule has 2 heterocycles. The lowest BCUT2D eigenvalue weighted by Crippen LogP contribution is -2.45. The Balaban J connectivity index is 1.83. The minimum Gasteiger partial charge on any atom is -0.459 e. The molecule has 1 aliphatic heterocycles. The van der Waals surface area contributed by atoms with E-state index in [2.05, 4.69) is 62.3 Å². The second kappa shape index (κ2) is 6.39. The van der Waals surface area contributed by atoms with Gasteiger partial charge in [0.1, 0.15) is 0 Å². The molecule has 1 aromatic heterocycles. The second-order valence-corrected chi connectivity index (χ2v) is 7.42. The van der Waals surface area contributed by atoms with Gasteiger partial charge in [0.25, 0.3) is 0 Å². The summed E-state index contributed by atoms with van der Waals surface area (Å²) < 4.78 is 5.05. The molecule has 132 valence electrons. The number of nitrogens with zero attached hydrogens (tertiary/aromatic N) is 2. The number of furan rings is 1. The van der Waals surface area contributed by atoms with Gasteiger partial charge in [-0.3, -0.25) is 4.79 Å². The molecule has 1 N–H and O–H groups in total. The molecule has 0 aliphatic carbocycles. The van der Waals surface area contributed by atoms with E-state index in [1.165, 1.54) is 17.5 Å². The topological polar surface area (TPSA) is 57.8 Å². The van der Waals surface area contributed by atoms with Gasteiger partial charge < -0.3 is 9.32 Å². The van der Waals surface area contributed by atoms with Crippen molar-refractivity contribution < 1.29 is 9.21 Å². The fourth-order valence-corrected chi connectivity index (χ4v) is 3.50. The van der Waals surface area contributed by atoms with Crippen molar-refractivity contribution in [2.75, 3.05) is 11.9 Å². The number of hydrazone groups is 1. The van der Waals surface area contributed by atoms with Crippen LogP contribution in [-0.2, 0) is 0 Å². The molecule has 0 bridgehead atoms. The van der Waals surface area contributed by atoms with Gasteiger partial charge in [-0.05, 0) is 74.1 Å². The molecular weight excluding hydrogens is 314 g/mol. The van der Waals surface area contributed by atoms with Crippen LogP contribution in [0, 0.1) is 6.92 Å². The normalized spacial score (nSPS) is 19.1. The van der Waals surface area contributed by atoms with Crippen molar-refractivity contribution in [3.8, 4) is 0 Å². The summed E-state index contributed by atoms with van der Waals surface area (Å²) >= 11 is 0. The van der Waals surface area contributed by atoms with Crippen molar-refractivity contribution in [1.82, 2.24) is 5.43 Å². The van der Waals surface area contributed by atoms with Gasteiger partial charge in [0.15, 0.2) is 5.76 Å². The Morgan fingerprint density at radius 3 is 2.88 bits per heavy atom. The molecule has 25 heavy (non-hydrogen) atoms. The molecule has 1 unspecified atom stereocenters. The number of hydrogen-bond acceptors (Lipinski definition) is 4. The summed E-state index contributed by atoms with van der Waals surface area (Å²) in [6.07, 6.45) is 4.26. The standard InChI is InChI=1S/C20H25N3O2/c1-13-9-17-16(14(2)11-20(3,4)23(17)5)10-15(13)12-21-22-19(24)18-7-6-8-25-18/h6-10,12,14H,11H2,1-5H3,(H,22,24)/b21-12+. The first-order chi connectivity index (χ1) is 11.8. The van der Waals surface area contributed by atoms with Crippen LogP contribution in [0.25, 0.3) is 0 Å². The molecule has 1 aromatic carbocycles. The van der Waals surface area contributed by atoms with Gasteiger partial charge in [0.05, 0.1) is 12.5 Å². The average Bonchev–Trinajstić information content (AvgIpc) is 3.08. The highest BCUT2D eigenvalue weighted by Crippen LogP contribution is 2.43. The molecule has 5 nitrogen and oxygen atoms in total. The smallest absolute Gasteiger partial charge is 0.307 e. The van der Waals surface area contributed by atoms with E-state index < -0.39 is 0 Å². The quantitative estimate of drug-likeness (QED) is 0.677. The fourth-order valence-electron chi connectivity index (χ4n) is 3.50. The highest BCUT2D eigenvalue weighted by molar-refractivity contribution is 5.92. The number of carbonyl (C=O) groups excluding carboxylic acids is 1. The molecule has 3 rings (SSSR count). The summed E-state index contributed by atoms with van der Waals surface area (Å²) in [6, 6.07) is 7.67. The zero-order chi connectivity index (χ0) is 18.2. The Kier molecular flexibility index (Phi) is 4.41. The predicted molar refractivity (Wildman–Crippen MR) is 100 cm³/mol. The van der Waals surface area contributed by atoms with Crippen LogP contribution < -0.4 is 10.3 Å². The van der Waals surface area contributed by atoms with Crippen molar-refractivity contribution in [2.45, 2.75) is 45.6 Å². The summed E-state index contributed by atoms with van der Waals surface area (Å²) in [6.45, 7) is 8.89. The minimum absolute atomic E-state index is 0.144. The van der Waals surface area contributed by atoms with E-state index in [1.54, 1.807) is 18.3 Å². The Hall–Kier alpha value is -2.56. The van der Waals surface area contributed by atoms with E-state index in [4.69, 9.17) is 4.42 Å². The number of carbonyl (C=O) groups is 1. The lowest BCUT2D eigenvalue weighted by atomic mass is 9.79. The molecule has 1 aliphatic rings. The number of hydrogen-bond donors (Lipinski definition) is 1. The number of nitrogens with one attached hydrogen (secondary N) is 1. The third kappa shape index (κ3) is 3.31. The zero-order valence-electron chi connectivity index (χ0n) is 15.5. The first-order valence-corrected chi connectivity index (χ1v) is 8.55. The maximum absolute atomic E-state index is 11.9. The van der Waals surface area contributed by atoms with Crippen LogP contribution in [0.2, 0.25) is 0 Å². The molecule has 0 spiro atoms. The van der Waals surface area contributed by atoms with Gasteiger partial charge in [0, 0.05) is 18.3 Å². The highest BCUT2D eigenvalue weighted by atomic mass is 16.3. The number of rotatable bonds is 3. The van der Waals surface area contributed by atoms with Crippen LogP contribution in [0.1, 0.15) is 60.4 Å². The van der Waals surface area contributed by atoms with Gasteiger partial charge in [-0.1, -0.05) is 6.92 Å². The van der Waals surface area contributed by atoms with Gasteiger partial charge >= 0.3 is 5.91 Å². The van der Waals surface area contributed by atoms with Crippen LogP contribution in [0.5, 0.6) is 0 Å². The van der Waals surface area contributed by atoms with Gasteiger partial charge in [0.2, 0.25) is 0 Å². The Labute approximate surface area is 148 Å². The molecule has 0 radical (unpaired) electrons. The van der Waals surface area contributed by atoms with Crippen LogP contribution in [-0.4, -0.2) is 24.7 Å². The van der Waals surface area contributed by atoms with E-state index in [9.17, 15) is 4.79 Å². The first kappa shape index (κ1) is 17.3. The van der Waals surface area contributed by atoms with E-state index in [-0.39, 0.29) is 17.2 Å². The molecule has 2 aromatic rings. The summed E-state index contributed by atoms with van der Waals surface area (Å²) in [5.74, 6) is 0.371. The van der Waals surface area contributed by atoms with Crippen LogP contribution in [0.4, 0.5) is 5.69 Å². The van der Waals surface area contributed by atoms with E-state index in [1.807, 2.05) is 0 Å². The van der Waals surface area contributed by atoms with Crippen molar-refractivity contribution in [3.05, 3.63) is 53.0 Å². The number of aryl methyl sites for hydroxylation is 1. The van der Waals surface area contributed by atoms with Gasteiger partial charge in [-0.15, -0.1) is 0 Å². The number of fused-ring (bicyclic) bond motifs is 1. The monoisotopic (exact) mass is 339 g/mol. The molecule has 0 saturated heterocycles. The molecule has 5 heteroatoms. The maximum Gasteiger partial charge on any atom is 0.307 e. The Bertz CT molecular complexity index is 807. The lowest BCUT2D eigenvalue weighted by molar-refractivity contribution is 0.0927. The fraction of sp³-hybridized carbons (Fsp3) is 0.400. The Morgan fingerprint density at radius 1 is 1.44 bits per heavy atom. The van der Waals surface area contributed by atoms with Crippen molar-refractivity contribution in [2.24, 2.45) is 5.10 Å². The summed E-state index contributed by atoms with van der Waals surface area (Å²) in [7, 11) is 2.15. The number of anilines is 1. The highest BCUT2D eigenvalue weighted by Gasteiger charge is 2.34. The molecule has 1 atom stereocenters. The third-order valence-electron chi connectivity index (χ3n) is 5.14. The SMILES string of the molecule is Cc1cc2c(cc1/C=N/NC(=O)c1ccco1)C(C)CC(C)(C)N2C. The first-order valence-electron chi connectivity index (χ1n) is 8.55. The van der Waals surface area contributed by atoms with E-state index >= 15 is 0 Å². The van der Waals surface area contributed by atoms with Crippen molar-refractivity contribution >= 4 is 17.8 Å². The van der Waals surface area contributed by atoms with Crippen LogP contribution >= 0.6 is 0 Å². The molecule has 1 amide bonds. The average molecular weight is 339 g/mol. The number of amides is 1. The predicted octanol–water partition coefficient (Wildman–Crippen LogP) is 4.07. The molecule has 0 saturated carbocycles. The minimum atomic E-state index is -0.355. The number of benzene rings is 1. The van der Waals surface area contributed by atoms with Gasteiger partial charge in [-0.25, -0.2) is 5.43 Å². The lowest BCUT2D eigenvalue weighted by Gasteiger charge is -2.45. The molecular formula is C20H25N3O2. The zero-order valence-corrected chi connectivity index (χ0v) is 15.5. The molecule has 0 fully saturated rings. The largest absolute Gasteiger partial charge is 0.459 e. The second-order valence-electron chi connectivity index (χ2n) is 7.42. The van der Waals surface area contributed by atoms with Crippen LogP contribution in [0.3, 0.4) is 0 Å². The van der Waals surface area contributed by atoms with E-state index in [0.717, 1.165) is 17.5 Å². The van der Waals surface area contributed by atoms with E-state index in [0.29, 0.717) is 5.92 Å². The maximum atomic E-state index is 11.9. The summed E-state index contributed by atoms with van der Waals surface area (Å²) in [4.78, 5) is 14.2. The Morgan fingerprint density at radius 2 is 2.20 bits per heavy atom. The summed E-state index contributed by atoms with van der Waals surface area (Å²) in [5.41, 5.74) is 7.39.